The maximum absolute atomic E-state index is 16.4. The Labute approximate surface area is 303 Å². The number of piperazine rings is 1. The van der Waals surface area contributed by atoms with E-state index in [4.69, 9.17) is 21.0 Å². The summed E-state index contributed by atoms with van der Waals surface area (Å²) in [7, 11) is -3.17. The highest BCUT2D eigenvalue weighted by Crippen LogP contribution is 2.43. The van der Waals surface area contributed by atoms with Gasteiger partial charge < -0.3 is 14.2 Å². The van der Waals surface area contributed by atoms with E-state index in [1.54, 1.807) is 27.7 Å². The molecule has 11 heteroatoms. The van der Waals surface area contributed by atoms with Crippen LogP contribution in [0.2, 0.25) is 10.1 Å². The van der Waals surface area contributed by atoms with Gasteiger partial charge in [0.2, 0.25) is 5.91 Å². The minimum Gasteiger partial charge on any atom is -0.533 e. The summed E-state index contributed by atoms with van der Waals surface area (Å²) >= 11 is 7.11. The van der Waals surface area contributed by atoms with Crippen LogP contribution in [0.3, 0.4) is 0 Å². The van der Waals surface area contributed by atoms with Gasteiger partial charge in [0.15, 0.2) is 0 Å². The maximum Gasteiger partial charge on any atom is 0.351 e. The van der Waals surface area contributed by atoms with Gasteiger partial charge in [-0.1, -0.05) is 106 Å². The summed E-state index contributed by atoms with van der Waals surface area (Å²) in [6.45, 7) is 12.4. The summed E-state index contributed by atoms with van der Waals surface area (Å²) in [5.41, 5.74) is 0.294. The molecule has 2 fully saturated rings. The number of hydrogen-bond acceptors (Lipinski definition) is 6. The van der Waals surface area contributed by atoms with E-state index in [0.717, 1.165) is 23.2 Å². The molecule has 1 aliphatic carbocycles. The van der Waals surface area contributed by atoms with Crippen LogP contribution >= 0.6 is 11.6 Å². The van der Waals surface area contributed by atoms with Gasteiger partial charge >= 0.3 is 14.0 Å². The number of rotatable bonds is 9. The molecular weight excluding hydrogens is 681 g/mol. The van der Waals surface area contributed by atoms with Gasteiger partial charge in [-0.15, -0.1) is 0 Å². The number of carbonyl (C=O) groups is 1. The molecule has 0 bridgehead atoms. The first-order valence-electron chi connectivity index (χ1n) is 17.4. The average Bonchev–Trinajstić information content (AvgIpc) is 3.96. The fourth-order valence-corrected chi connectivity index (χ4v) is 11.9. The highest BCUT2D eigenvalue weighted by molar-refractivity contribution is 7.00. The predicted octanol–water partition coefficient (Wildman–Crippen LogP) is 6.43. The van der Waals surface area contributed by atoms with Gasteiger partial charge in [0.05, 0.1) is 21.7 Å². The van der Waals surface area contributed by atoms with Crippen LogP contribution in [0, 0.1) is 11.7 Å². The molecule has 1 amide bonds. The second-order valence-corrected chi connectivity index (χ2v) is 19.0. The van der Waals surface area contributed by atoms with E-state index in [1.165, 1.54) is 12.1 Å². The topological polar surface area (TPSA) is 80.6 Å². The molecule has 0 spiro atoms. The van der Waals surface area contributed by atoms with E-state index in [1.807, 2.05) is 41.3 Å². The third-order valence-corrected chi connectivity index (χ3v) is 15.2. The van der Waals surface area contributed by atoms with Crippen molar-refractivity contribution in [3.63, 3.8) is 0 Å². The fourth-order valence-electron chi connectivity index (χ4n) is 7.19. The Kier molecular flexibility index (Phi) is 9.32. The molecule has 8 nitrogen and oxygen atoms in total. The van der Waals surface area contributed by atoms with Crippen LogP contribution in [0.25, 0.3) is 22.3 Å². The normalized spacial score (nSPS) is 15.2. The van der Waals surface area contributed by atoms with Gasteiger partial charge in [-0.2, -0.15) is 4.98 Å². The minimum absolute atomic E-state index is 0.136. The number of anilines is 1. The summed E-state index contributed by atoms with van der Waals surface area (Å²) < 4.78 is 25.3. The molecular formula is C40H41ClFN5O3Si. The number of halogens is 2. The van der Waals surface area contributed by atoms with Crippen LogP contribution in [-0.4, -0.2) is 59.8 Å². The van der Waals surface area contributed by atoms with Crippen molar-refractivity contribution in [2.75, 3.05) is 31.1 Å². The number of pyridine rings is 1. The zero-order valence-electron chi connectivity index (χ0n) is 29.1. The molecule has 2 aromatic heterocycles. The van der Waals surface area contributed by atoms with Gasteiger partial charge in [0, 0.05) is 32.7 Å². The first kappa shape index (κ1) is 34.6. The lowest BCUT2D eigenvalue weighted by Crippen LogP contribution is -2.68. The lowest BCUT2D eigenvalue weighted by molar-refractivity contribution is -0.126. The van der Waals surface area contributed by atoms with Crippen molar-refractivity contribution in [3.05, 3.63) is 119 Å². The third kappa shape index (κ3) is 6.47. The smallest absolute Gasteiger partial charge is 0.351 e. The Bertz CT molecular complexity index is 2120. The number of benzene rings is 3. The van der Waals surface area contributed by atoms with Gasteiger partial charge in [-0.05, 0) is 58.4 Å². The summed E-state index contributed by atoms with van der Waals surface area (Å²) in [5.74, 6) is 0.447. The molecule has 0 radical (unpaired) electrons. The molecule has 3 heterocycles. The van der Waals surface area contributed by atoms with Gasteiger partial charge in [-0.25, -0.2) is 14.2 Å². The average molecular weight is 722 g/mol. The Morgan fingerprint density at radius 1 is 0.961 bits per heavy atom. The van der Waals surface area contributed by atoms with Crippen molar-refractivity contribution in [1.29, 1.82) is 0 Å². The van der Waals surface area contributed by atoms with Crippen LogP contribution in [0.5, 0.6) is 5.75 Å². The molecule has 3 aromatic carbocycles. The SMILES string of the molecule is C=CC(=O)N1CCN(c2nc(=O)n(CC3CC3)c3nc(-c4c(F)cccc4O[Si](c4ccccc4)(c4ccccc4)C(C)(C)C)c(Cl)cc23)CC1. The molecule has 2 aliphatic rings. The zero-order chi connectivity index (χ0) is 35.9. The molecule has 5 aromatic rings. The van der Waals surface area contributed by atoms with Crippen LogP contribution in [0.15, 0.2) is 102 Å². The van der Waals surface area contributed by atoms with Crippen molar-refractivity contribution in [2.24, 2.45) is 5.92 Å². The Morgan fingerprint density at radius 3 is 2.16 bits per heavy atom. The first-order valence-corrected chi connectivity index (χ1v) is 19.7. The molecule has 0 unspecified atom stereocenters. The molecule has 7 rings (SSSR count). The van der Waals surface area contributed by atoms with E-state index >= 15 is 4.39 Å². The van der Waals surface area contributed by atoms with E-state index in [2.05, 4.69) is 56.6 Å². The maximum atomic E-state index is 16.4. The second-order valence-electron chi connectivity index (χ2n) is 14.4. The van der Waals surface area contributed by atoms with E-state index in [9.17, 15) is 9.59 Å². The standard InChI is InChI=1S/C40H41ClFN5O3Si/c1-5-34(48)45-21-23-46(24-22-45)37-30-25-31(41)36(43-38(30)47(39(49)44-37)26-27-19-20-27)35-32(42)17-12-18-33(35)50-51(40(2,3)4,28-13-8-6-9-14-28)29-15-10-7-11-16-29/h5-18,25,27H,1,19-24,26H2,2-4H3. The van der Waals surface area contributed by atoms with Crippen molar-refractivity contribution in [3.8, 4) is 17.0 Å². The monoisotopic (exact) mass is 721 g/mol. The van der Waals surface area contributed by atoms with Crippen LogP contribution < -0.4 is 25.4 Å². The highest BCUT2D eigenvalue weighted by Gasteiger charge is 2.52. The van der Waals surface area contributed by atoms with E-state index < -0.39 is 19.8 Å². The fraction of sp³-hybridized carbons (Fsp3) is 0.300. The molecule has 51 heavy (non-hydrogen) atoms. The molecule has 1 saturated heterocycles. The second kappa shape index (κ2) is 13.7. The van der Waals surface area contributed by atoms with Gasteiger partial charge in [0.25, 0.3) is 0 Å². The number of nitrogens with zero attached hydrogens (tertiary/aromatic N) is 5. The molecule has 0 N–H and O–H groups in total. The van der Waals surface area contributed by atoms with Crippen molar-refractivity contribution < 1.29 is 13.6 Å². The summed E-state index contributed by atoms with van der Waals surface area (Å²) in [6, 6.07) is 26.9. The van der Waals surface area contributed by atoms with Crippen molar-refractivity contribution >= 4 is 53.1 Å². The van der Waals surface area contributed by atoms with E-state index in [-0.39, 0.29) is 27.2 Å². The summed E-state index contributed by atoms with van der Waals surface area (Å²) in [6.07, 6.45) is 3.33. The lowest BCUT2D eigenvalue weighted by Gasteiger charge is -2.43. The summed E-state index contributed by atoms with van der Waals surface area (Å²) in [4.78, 5) is 39.3. The van der Waals surface area contributed by atoms with E-state index in [0.29, 0.717) is 61.2 Å². The third-order valence-electron chi connectivity index (χ3n) is 9.98. The number of hydrogen-bond donors (Lipinski definition) is 0. The zero-order valence-corrected chi connectivity index (χ0v) is 30.9. The molecule has 1 saturated carbocycles. The Balaban J connectivity index is 1.41. The largest absolute Gasteiger partial charge is 0.533 e. The number of aromatic nitrogens is 3. The molecule has 1 aliphatic heterocycles. The van der Waals surface area contributed by atoms with Gasteiger partial charge in [0.1, 0.15) is 23.0 Å². The summed E-state index contributed by atoms with van der Waals surface area (Å²) in [5, 5.41) is 2.50. The van der Waals surface area contributed by atoms with Crippen LogP contribution in [-0.2, 0) is 11.3 Å². The number of fused-ring (bicyclic) bond motifs is 1. The Hall–Kier alpha value is -4.80. The van der Waals surface area contributed by atoms with Crippen LogP contribution in [0.1, 0.15) is 33.6 Å². The first-order chi connectivity index (χ1) is 24.5. The number of amides is 1. The minimum atomic E-state index is -3.17. The van der Waals surface area contributed by atoms with Gasteiger partial charge in [-0.3, -0.25) is 9.36 Å². The molecule has 262 valence electrons. The lowest BCUT2D eigenvalue weighted by atomic mass is 10.1. The van der Waals surface area contributed by atoms with Crippen molar-refractivity contribution in [1.82, 2.24) is 19.4 Å². The number of carbonyl (C=O) groups excluding carboxylic acids is 1. The Morgan fingerprint density at radius 2 is 1.59 bits per heavy atom. The highest BCUT2D eigenvalue weighted by atomic mass is 35.5. The van der Waals surface area contributed by atoms with Crippen LogP contribution in [0.4, 0.5) is 10.2 Å². The molecule has 0 atom stereocenters. The predicted molar refractivity (Wildman–Crippen MR) is 204 cm³/mol. The quantitative estimate of drug-likeness (QED) is 0.129. The van der Waals surface area contributed by atoms with Crippen molar-refractivity contribution in [2.45, 2.75) is 45.2 Å².